The Morgan fingerprint density at radius 3 is 2.72 bits per heavy atom. The molecule has 2 aromatic rings. The number of ether oxygens (including phenoxy) is 1. The van der Waals surface area contributed by atoms with Gasteiger partial charge in [0.05, 0.1) is 12.4 Å². The van der Waals surface area contributed by atoms with Crippen LogP contribution < -0.4 is 16.0 Å². The number of nitrogens with one attached hydrogen (secondary N) is 1. The number of amides is 1. The van der Waals surface area contributed by atoms with Gasteiger partial charge in [-0.25, -0.2) is 5.84 Å². The molecule has 0 radical (unpaired) electrons. The molecule has 1 amide bonds. The third kappa shape index (κ3) is 2.86. The number of hydrogen-bond acceptors (Lipinski definition) is 4. The number of benzene rings is 1. The zero-order valence-corrected chi connectivity index (χ0v) is 9.96. The molecule has 1 heterocycles. The van der Waals surface area contributed by atoms with Crippen LogP contribution in [0.3, 0.4) is 0 Å². The minimum absolute atomic E-state index is 0.310. The Labute approximate surface area is 104 Å². The number of carbonyl (C=O) groups excluding carboxylic acids is 1. The zero-order valence-electron chi connectivity index (χ0n) is 9.96. The minimum Gasteiger partial charge on any atom is -0.486 e. The summed E-state index contributed by atoms with van der Waals surface area (Å²) in [5, 5.41) is 4.00. The quantitative estimate of drug-likeness (QED) is 0.470. The highest BCUT2D eigenvalue weighted by Crippen LogP contribution is 2.11. The molecule has 0 aliphatic heterocycles. The molecule has 0 bridgehead atoms. The number of nitrogens with two attached hydrogens (primary N) is 1. The Morgan fingerprint density at radius 2 is 2.17 bits per heavy atom. The highest BCUT2D eigenvalue weighted by molar-refractivity contribution is 5.93. The number of nitrogen functional groups attached to an aromatic ring is 1. The predicted molar refractivity (Wildman–Crippen MR) is 65.6 cm³/mol. The summed E-state index contributed by atoms with van der Waals surface area (Å²) in [6, 6.07) is 7.04. The van der Waals surface area contributed by atoms with Gasteiger partial charge in [0.2, 0.25) is 0 Å². The number of hydrogen-bond donors (Lipinski definition) is 2. The van der Waals surface area contributed by atoms with Gasteiger partial charge in [-0.15, -0.1) is 0 Å². The number of aryl methyl sites for hydroxylation is 1. The lowest BCUT2D eigenvalue weighted by atomic mass is 10.1. The van der Waals surface area contributed by atoms with E-state index in [1.807, 2.05) is 19.2 Å². The van der Waals surface area contributed by atoms with Crippen LogP contribution in [-0.4, -0.2) is 15.7 Å². The van der Waals surface area contributed by atoms with Crippen LogP contribution in [0.25, 0.3) is 0 Å². The molecule has 94 valence electrons. The molecule has 3 N–H and O–H groups in total. The summed E-state index contributed by atoms with van der Waals surface area (Å²) < 4.78 is 7.20. The number of aromatic nitrogens is 2. The van der Waals surface area contributed by atoms with E-state index in [-0.39, 0.29) is 5.91 Å². The van der Waals surface area contributed by atoms with Crippen molar-refractivity contribution in [3.63, 3.8) is 0 Å². The van der Waals surface area contributed by atoms with Crippen LogP contribution in [0.5, 0.6) is 5.75 Å². The number of nitrogens with zero attached hydrogens (tertiary/aromatic N) is 2. The molecule has 0 fully saturated rings. The Morgan fingerprint density at radius 1 is 1.44 bits per heavy atom. The van der Waals surface area contributed by atoms with Crippen molar-refractivity contribution in [2.24, 2.45) is 12.9 Å². The summed E-state index contributed by atoms with van der Waals surface area (Å²) >= 11 is 0. The van der Waals surface area contributed by atoms with Crippen LogP contribution in [0, 0.1) is 0 Å². The molecule has 0 aliphatic carbocycles. The largest absolute Gasteiger partial charge is 0.486 e. The van der Waals surface area contributed by atoms with E-state index < -0.39 is 0 Å². The van der Waals surface area contributed by atoms with E-state index in [4.69, 9.17) is 10.6 Å². The number of carbonyl (C=O) groups is 1. The van der Waals surface area contributed by atoms with E-state index in [2.05, 4.69) is 10.5 Å². The van der Waals surface area contributed by atoms with Crippen molar-refractivity contribution in [1.82, 2.24) is 15.2 Å². The number of hydrazine groups is 1. The molecule has 0 unspecified atom stereocenters. The van der Waals surface area contributed by atoms with Crippen molar-refractivity contribution in [3.05, 3.63) is 47.8 Å². The van der Waals surface area contributed by atoms with Crippen LogP contribution >= 0.6 is 0 Å². The Balaban J connectivity index is 1.96. The second-order valence-corrected chi connectivity index (χ2v) is 3.81. The van der Waals surface area contributed by atoms with E-state index in [1.165, 1.54) is 0 Å². The van der Waals surface area contributed by atoms with Gasteiger partial charge in [-0.2, -0.15) is 5.10 Å². The van der Waals surface area contributed by atoms with Crippen molar-refractivity contribution in [3.8, 4) is 5.75 Å². The van der Waals surface area contributed by atoms with E-state index in [9.17, 15) is 4.79 Å². The normalized spacial score (nSPS) is 10.1. The van der Waals surface area contributed by atoms with Crippen LogP contribution in [0.4, 0.5) is 0 Å². The molecule has 2 rings (SSSR count). The third-order valence-corrected chi connectivity index (χ3v) is 2.43. The maximum Gasteiger partial charge on any atom is 0.265 e. The van der Waals surface area contributed by atoms with Crippen molar-refractivity contribution >= 4 is 5.91 Å². The molecule has 1 aromatic heterocycles. The molecular weight excluding hydrogens is 232 g/mol. The summed E-state index contributed by atoms with van der Waals surface area (Å²) in [5.41, 5.74) is 3.56. The topological polar surface area (TPSA) is 82.2 Å². The van der Waals surface area contributed by atoms with Gasteiger partial charge in [-0.1, -0.05) is 12.1 Å². The van der Waals surface area contributed by atoms with E-state index >= 15 is 0 Å². The van der Waals surface area contributed by atoms with E-state index in [0.29, 0.717) is 17.9 Å². The van der Waals surface area contributed by atoms with Crippen LogP contribution in [0.1, 0.15) is 15.9 Å². The fourth-order valence-corrected chi connectivity index (χ4v) is 1.48. The molecule has 0 saturated heterocycles. The Kier molecular flexibility index (Phi) is 3.59. The number of rotatable bonds is 4. The summed E-state index contributed by atoms with van der Waals surface area (Å²) in [5.74, 6) is 5.44. The molecule has 0 spiro atoms. The molecule has 0 saturated carbocycles. The molecular formula is C12H14N4O2. The second kappa shape index (κ2) is 5.33. The fourth-order valence-electron chi connectivity index (χ4n) is 1.48. The van der Waals surface area contributed by atoms with Crippen LogP contribution in [0.2, 0.25) is 0 Å². The smallest absolute Gasteiger partial charge is 0.265 e. The molecule has 6 nitrogen and oxygen atoms in total. The zero-order chi connectivity index (χ0) is 13.0. The van der Waals surface area contributed by atoms with Gasteiger partial charge in [-0.05, 0) is 17.7 Å². The highest BCUT2D eigenvalue weighted by atomic mass is 16.5. The predicted octanol–water partition coefficient (Wildman–Crippen LogP) is 0.603. The first-order valence-corrected chi connectivity index (χ1v) is 5.40. The lowest BCUT2D eigenvalue weighted by Gasteiger charge is -2.04. The van der Waals surface area contributed by atoms with Crippen LogP contribution in [0.15, 0.2) is 36.7 Å². The van der Waals surface area contributed by atoms with Gasteiger partial charge < -0.3 is 4.74 Å². The lowest BCUT2D eigenvalue weighted by molar-refractivity contribution is 0.0953. The lowest BCUT2D eigenvalue weighted by Crippen LogP contribution is -2.29. The van der Waals surface area contributed by atoms with Crippen LogP contribution in [-0.2, 0) is 13.7 Å². The van der Waals surface area contributed by atoms with Gasteiger partial charge in [-0.3, -0.25) is 14.9 Å². The first kappa shape index (κ1) is 12.1. The Bertz CT molecular complexity index is 533. The summed E-state index contributed by atoms with van der Waals surface area (Å²) in [6.07, 6.45) is 3.44. The molecule has 1 aromatic carbocycles. The summed E-state index contributed by atoms with van der Waals surface area (Å²) in [4.78, 5) is 11.2. The van der Waals surface area contributed by atoms with E-state index in [1.54, 1.807) is 29.2 Å². The second-order valence-electron chi connectivity index (χ2n) is 3.81. The van der Waals surface area contributed by atoms with E-state index in [0.717, 1.165) is 5.56 Å². The SMILES string of the molecule is Cn1cc(OCc2ccc(C(=O)NN)cc2)cn1. The molecule has 0 atom stereocenters. The van der Waals surface area contributed by atoms with Gasteiger partial charge in [0.25, 0.3) is 5.91 Å². The average Bonchev–Trinajstić information content (AvgIpc) is 2.82. The van der Waals surface area contributed by atoms with Gasteiger partial charge >= 0.3 is 0 Å². The monoisotopic (exact) mass is 246 g/mol. The standard InChI is InChI=1S/C12H14N4O2/c1-16-7-11(6-14-16)18-8-9-2-4-10(5-3-9)12(17)15-13/h2-7H,8,13H2,1H3,(H,15,17). The first-order valence-electron chi connectivity index (χ1n) is 5.40. The average molecular weight is 246 g/mol. The highest BCUT2D eigenvalue weighted by Gasteiger charge is 2.03. The fraction of sp³-hybridized carbons (Fsp3) is 0.167. The Hall–Kier alpha value is -2.34. The van der Waals surface area contributed by atoms with Gasteiger partial charge in [0.1, 0.15) is 6.61 Å². The maximum atomic E-state index is 11.2. The first-order chi connectivity index (χ1) is 8.69. The molecule has 18 heavy (non-hydrogen) atoms. The third-order valence-electron chi connectivity index (χ3n) is 2.43. The van der Waals surface area contributed by atoms with Gasteiger partial charge in [0.15, 0.2) is 5.75 Å². The van der Waals surface area contributed by atoms with Gasteiger partial charge in [0, 0.05) is 12.6 Å². The summed E-state index contributed by atoms with van der Waals surface area (Å²) in [7, 11) is 1.83. The molecule has 0 aliphatic rings. The van der Waals surface area contributed by atoms with Crippen molar-refractivity contribution < 1.29 is 9.53 Å². The summed E-state index contributed by atoms with van der Waals surface area (Å²) in [6.45, 7) is 0.427. The molecule has 6 heteroatoms. The maximum absolute atomic E-state index is 11.2. The van der Waals surface area contributed by atoms with Crippen molar-refractivity contribution in [2.45, 2.75) is 6.61 Å². The minimum atomic E-state index is -0.310. The van der Waals surface area contributed by atoms with Crippen molar-refractivity contribution in [1.29, 1.82) is 0 Å². The van der Waals surface area contributed by atoms with Crippen molar-refractivity contribution in [2.75, 3.05) is 0 Å².